The zero-order valence-corrected chi connectivity index (χ0v) is 22.5. The lowest BCUT2D eigenvalue weighted by molar-refractivity contribution is -0.385. The van der Waals surface area contributed by atoms with E-state index in [4.69, 9.17) is 0 Å². The van der Waals surface area contributed by atoms with Crippen molar-refractivity contribution in [3.8, 4) is 0 Å². The van der Waals surface area contributed by atoms with Gasteiger partial charge in [0.25, 0.3) is 11.4 Å². The standard InChI is InChI=1S/C26H36N6O6/c1-31(2,23-13-9-21(10-14-23)29(35)36)19-17-27-25(33)7-5-6-8-26(34)28-18-20-32(3,4)24-15-11-22(12-16-24)30(37)38/h9-16H,5-8,17-20H2,1-4H3/p+2. The van der Waals surface area contributed by atoms with Crippen LogP contribution < -0.4 is 19.6 Å². The first-order chi connectivity index (χ1) is 17.8. The molecule has 0 unspecified atom stereocenters. The monoisotopic (exact) mass is 530 g/mol. The van der Waals surface area contributed by atoms with Gasteiger partial charge in [0.2, 0.25) is 11.8 Å². The van der Waals surface area contributed by atoms with Gasteiger partial charge in [-0.15, -0.1) is 0 Å². The van der Waals surface area contributed by atoms with Gasteiger partial charge < -0.3 is 10.6 Å². The van der Waals surface area contributed by atoms with Crippen LogP contribution in [0.4, 0.5) is 22.7 Å². The molecule has 2 aromatic carbocycles. The Bertz CT molecular complexity index is 1030. The number of carbonyl (C=O) groups is 2. The Morgan fingerprint density at radius 1 is 0.658 bits per heavy atom. The van der Waals surface area contributed by atoms with Crippen molar-refractivity contribution in [3.63, 3.8) is 0 Å². The van der Waals surface area contributed by atoms with Gasteiger partial charge in [0.05, 0.1) is 51.1 Å². The number of likely N-dealkylation sites (N-methyl/N-ethyl adjacent to an activating group) is 2. The number of nitrogens with zero attached hydrogens (tertiary/aromatic N) is 4. The van der Waals surface area contributed by atoms with Crippen LogP contribution in [0.5, 0.6) is 0 Å². The molecule has 0 fully saturated rings. The molecule has 0 atom stereocenters. The van der Waals surface area contributed by atoms with Gasteiger partial charge in [0.15, 0.2) is 0 Å². The SMILES string of the molecule is C[N+](C)(CCNC(=O)CCCCC(=O)NCC[N+](C)(C)c1ccc([N+](=O)[O-])cc1)c1ccc([N+](=O)[O-])cc1. The van der Waals surface area contributed by atoms with Crippen LogP contribution in [0.3, 0.4) is 0 Å². The van der Waals surface area contributed by atoms with E-state index in [1.807, 2.05) is 28.2 Å². The number of nitro benzene ring substituents is 2. The maximum absolute atomic E-state index is 12.2. The highest BCUT2D eigenvalue weighted by atomic mass is 16.6. The van der Waals surface area contributed by atoms with E-state index in [1.165, 1.54) is 24.3 Å². The quantitative estimate of drug-likeness (QED) is 0.157. The summed E-state index contributed by atoms with van der Waals surface area (Å²) in [6.07, 6.45) is 1.87. The summed E-state index contributed by atoms with van der Waals surface area (Å²) in [5.74, 6) is -0.146. The molecule has 0 heterocycles. The molecule has 0 aliphatic rings. The molecule has 0 bridgehead atoms. The van der Waals surface area contributed by atoms with Gasteiger partial charge in [-0.1, -0.05) is 0 Å². The summed E-state index contributed by atoms with van der Waals surface area (Å²) in [5, 5.41) is 27.4. The number of amides is 2. The first-order valence-corrected chi connectivity index (χ1v) is 12.5. The molecule has 2 aromatic rings. The number of unbranched alkanes of at least 4 members (excludes halogenated alkanes) is 1. The molecule has 38 heavy (non-hydrogen) atoms. The van der Waals surface area contributed by atoms with Crippen LogP contribution >= 0.6 is 0 Å². The lowest BCUT2D eigenvalue weighted by atomic mass is 10.2. The maximum atomic E-state index is 12.2. The fourth-order valence-electron chi connectivity index (χ4n) is 3.91. The number of quaternary nitrogens is 2. The minimum atomic E-state index is -0.432. The van der Waals surface area contributed by atoms with E-state index in [0.717, 1.165) is 11.4 Å². The number of benzene rings is 2. The summed E-state index contributed by atoms with van der Waals surface area (Å²) in [5.41, 5.74) is 1.90. The minimum Gasteiger partial charge on any atom is -0.350 e. The summed E-state index contributed by atoms with van der Waals surface area (Å²) in [4.78, 5) is 45.1. The largest absolute Gasteiger partial charge is 0.350 e. The second-order valence-corrected chi connectivity index (χ2v) is 10.3. The van der Waals surface area contributed by atoms with E-state index in [1.54, 1.807) is 24.3 Å². The van der Waals surface area contributed by atoms with Crippen LogP contribution in [0.15, 0.2) is 48.5 Å². The van der Waals surface area contributed by atoms with E-state index in [9.17, 15) is 29.8 Å². The summed E-state index contributed by atoms with van der Waals surface area (Å²) < 4.78 is 0.941. The predicted molar refractivity (Wildman–Crippen MR) is 148 cm³/mol. The molecule has 0 spiro atoms. The van der Waals surface area contributed by atoms with Gasteiger partial charge in [-0.25, -0.2) is 0 Å². The van der Waals surface area contributed by atoms with E-state index >= 15 is 0 Å². The molecular weight excluding hydrogens is 492 g/mol. The van der Waals surface area contributed by atoms with Crippen LogP contribution in [0, 0.1) is 20.2 Å². The molecule has 12 nitrogen and oxygen atoms in total. The van der Waals surface area contributed by atoms with Crippen molar-refractivity contribution in [3.05, 3.63) is 68.8 Å². The molecule has 0 saturated heterocycles. The van der Waals surface area contributed by atoms with E-state index in [2.05, 4.69) is 10.6 Å². The number of nitro groups is 2. The van der Waals surface area contributed by atoms with E-state index < -0.39 is 9.85 Å². The highest BCUT2D eigenvalue weighted by Gasteiger charge is 2.21. The third-order valence-corrected chi connectivity index (χ3v) is 6.56. The van der Waals surface area contributed by atoms with Crippen molar-refractivity contribution < 1.29 is 19.4 Å². The second-order valence-electron chi connectivity index (χ2n) is 10.3. The van der Waals surface area contributed by atoms with Crippen molar-refractivity contribution in [1.29, 1.82) is 0 Å². The molecular formula is C26H38N6O6+2. The zero-order valence-electron chi connectivity index (χ0n) is 22.5. The molecule has 206 valence electrons. The fraction of sp³-hybridized carbons (Fsp3) is 0.462. The Morgan fingerprint density at radius 2 is 0.974 bits per heavy atom. The third-order valence-electron chi connectivity index (χ3n) is 6.56. The topological polar surface area (TPSA) is 144 Å². The van der Waals surface area contributed by atoms with E-state index in [-0.39, 0.29) is 23.2 Å². The number of hydrogen-bond acceptors (Lipinski definition) is 6. The smallest absolute Gasteiger partial charge is 0.269 e. The number of nitrogens with one attached hydrogen (secondary N) is 2. The number of carbonyl (C=O) groups excluding carboxylic acids is 2. The van der Waals surface area contributed by atoms with Gasteiger partial charge in [-0.2, -0.15) is 0 Å². The average molecular weight is 531 g/mol. The third kappa shape index (κ3) is 9.52. The summed E-state index contributed by atoms with van der Waals surface area (Å²) in [6, 6.07) is 12.8. The summed E-state index contributed by atoms with van der Waals surface area (Å²) in [7, 11) is 7.88. The highest BCUT2D eigenvalue weighted by Crippen LogP contribution is 2.23. The van der Waals surface area contributed by atoms with E-state index in [0.29, 0.717) is 60.8 Å². The molecule has 12 heteroatoms. The average Bonchev–Trinajstić information content (AvgIpc) is 2.86. The zero-order chi connectivity index (χ0) is 28.3. The van der Waals surface area contributed by atoms with Crippen LogP contribution in [0.25, 0.3) is 0 Å². The summed E-state index contributed by atoms with van der Waals surface area (Å²) in [6.45, 7) is 2.18. The first kappa shape index (κ1) is 30.3. The molecule has 0 aliphatic heterocycles. The lowest BCUT2D eigenvalue weighted by Crippen LogP contribution is -2.46. The Labute approximate surface area is 222 Å². The van der Waals surface area contributed by atoms with Gasteiger partial charge in [-0.3, -0.25) is 38.8 Å². The fourth-order valence-corrected chi connectivity index (χ4v) is 3.91. The van der Waals surface area contributed by atoms with Crippen LogP contribution in [0.1, 0.15) is 25.7 Å². The van der Waals surface area contributed by atoms with Gasteiger partial charge in [0, 0.05) is 61.4 Å². The van der Waals surface area contributed by atoms with Crippen molar-refractivity contribution in [2.45, 2.75) is 25.7 Å². The Hall–Kier alpha value is -3.90. The lowest BCUT2D eigenvalue weighted by Gasteiger charge is -2.29. The maximum Gasteiger partial charge on any atom is 0.269 e. The highest BCUT2D eigenvalue weighted by molar-refractivity contribution is 5.77. The Morgan fingerprint density at radius 3 is 1.26 bits per heavy atom. The number of non-ortho nitro benzene ring substituents is 2. The molecule has 0 aliphatic carbocycles. The number of rotatable bonds is 15. The molecule has 2 amide bonds. The Balaban J connectivity index is 1.61. The second kappa shape index (κ2) is 13.6. The van der Waals surface area contributed by atoms with Gasteiger partial charge in [0.1, 0.15) is 24.5 Å². The molecule has 2 N–H and O–H groups in total. The molecule has 0 aromatic heterocycles. The van der Waals surface area contributed by atoms with Crippen LogP contribution in [-0.2, 0) is 9.59 Å². The molecule has 2 rings (SSSR count). The predicted octanol–water partition coefficient (Wildman–Crippen LogP) is 3.13. The minimum absolute atomic E-state index is 0.0426. The normalized spacial score (nSPS) is 11.6. The van der Waals surface area contributed by atoms with Gasteiger partial charge >= 0.3 is 0 Å². The van der Waals surface area contributed by atoms with Crippen LogP contribution in [0.2, 0.25) is 0 Å². The molecule has 0 radical (unpaired) electrons. The van der Waals surface area contributed by atoms with Crippen molar-refractivity contribution in [2.75, 3.05) is 54.4 Å². The summed E-state index contributed by atoms with van der Waals surface area (Å²) >= 11 is 0. The van der Waals surface area contributed by atoms with Crippen LogP contribution in [-0.4, -0.2) is 76.0 Å². The molecule has 0 saturated carbocycles. The van der Waals surface area contributed by atoms with Gasteiger partial charge in [-0.05, 0) is 12.8 Å². The number of hydrogen-bond donors (Lipinski definition) is 2. The van der Waals surface area contributed by atoms with Crippen molar-refractivity contribution in [2.24, 2.45) is 0 Å². The van der Waals surface area contributed by atoms with Crippen molar-refractivity contribution in [1.82, 2.24) is 19.6 Å². The Kier molecular flexibility index (Phi) is 10.8. The van der Waals surface area contributed by atoms with Crippen molar-refractivity contribution >= 4 is 34.6 Å². The first-order valence-electron chi connectivity index (χ1n) is 12.5.